The van der Waals surface area contributed by atoms with Crippen LogP contribution >= 0.6 is 0 Å². The number of carbonyl (C=O) groups excluding carboxylic acids is 2. The number of carbonyl (C=O) groups is 2. The third kappa shape index (κ3) is 4.69. The van der Waals surface area contributed by atoms with Crippen molar-refractivity contribution in [2.24, 2.45) is 5.41 Å². The molecule has 0 heterocycles. The third-order valence-corrected chi connectivity index (χ3v) is 3.12. The van der Waals surface area contributed by atoms with Crippen molar-refractivity contribution in [2.75, 3.05) is 0 Å². The van der Waals surface area contributed by atoms with E-state index in [9.17, 15) is 9.59 Å². The molecule has 1 rings (SSSR count). The van der Waals surface area contributed by atoms with Crippen molar-refractivity contribution in [1.29, 1.82) is 0 Å². The van der Waals surface area contributed by atoms with E-state index in [2.05, 4.69) is 6.58 Å². The number of rotatable bonds is 3. The van der Waals surface area contributed by atoms with Gasteiger partial charge in [0.25, 0.3) is 0 Å². The van der Waals surface area contributed by atoms with Crippen molar-refractivity contribution in [2.45, 2.75) is 65.6 Å². The molecule has 0 aromatic heterocycles. The van der Waals surface area contributed by atoms with E-state index in [1.807, 2.05) is 20.8 Å². The van der Waals surface area contributed by atoms with E-state index in [-0.39, 0.29) is 18.2 Å². The summed E-state index contributed by atoms with van der Waals surface area (Å²) in [6.07, 6.45) is 2.78. The Balaban J connectivity index is 2.65. The fourth-order valence-corrected chi connectivity index (χ4v) is 1.88. The van der Waals surface area contributed by atoms with Crippen LogP contribution in [0.3, 0.4) is 0 Å². The van der Waals surface area contributed by atoms with Gasteiger partial charge in [-0.2, -0.15) is 0 Å². The van der Waals surface area contributed by atoms with E-state index in [4.69, 9.17) is 9.47 Å². The SMILES string of the molecule is C=C(C)C(=O)OC1CCCCC1OC(=O)C(C)(C)C. The van der Waals surface area contributed by atoms with Crippen LogP contribution in [0.25, 0.3) is 0 Å². The van der Waals surface area contributed by atoms with Gasteiger partial charge in [-0.15, -0.1) is 0 Å². The Labute approximate surface area is 115 Å². The number of ether oxygens (including phenoxy) is 2. The molecule has 0 amide bonds. The lowest BCUT2D eigenvalue weighted by atomic mass is 9.93. The molecule has 0 radical (unpaired) electrons. The van der Waals surface area contributed by atoms with Gasteiger partial charge in [0.1, 0.15) is 12.2 Å². The lowest BCUT2D eigenvalue weighted by Crippen LogP contribution is -2.40. The maximum Gasteiger partial charge on any atom is 0.333 e. The Kier molecular flexibility index (Phi) is 5.15. The van der Waals surface area contributed by atoms with E-state index in [0.29, 0.717) is 5.57 Å². The van der Waals surface area contributed by atoms with Gasteiger partial charge >= 0.3 is 11.9 Å². The lowest BCUT2D eigenvalue weighted by molar-refractivity contribution is -0.175. The standard InChI is InChI=1S/C15H24O4/c1-10(2)13(16)18-11-8-6-7-9-12(11)19-14(17)15(3,4)5/h11-12H,1,6-9H2,2-5H3. The zero-order valence-corrected chi connectivity index (χ0v) is 12.3. The molecule has 0 saturated heterocycles. The van der Waals surface area contributed by atoms with Crippen LogP contribution in [0.4, 0.5) is 0 Å². The second-order valence-electron chi connectivity index (χ2n) is 6.20. The van der Waals surface area contributed by atoms with Crippen molar-refractivity contribution in [3.63, 3.8) is 0 Å². The Bertz CT molecular complexity index is 365. The Morgan fingerprint density at radius 3 is 1.95 bits per heavy atom. The van der Waals surface area contributed by atoms with Gasteiger partial charge in [0, 0.05) is 5.57 Å². The Hall–Kier alpha value is -1.32. The van der Waals surface area contributed by atoms with Crippen molar-refractivity contribution >= 4 is 11.9 Å². The van der Waals surface area contributed by atoms with Crippen LogP contribution in [0.15, 0.2) is 12.2 Å². The zero-order valence-electron chi connectivity index (χ0n) is 12.3. The van der Waals surface area contributed by atoms with Gasteiger partial charge in [-0.3, -0.25) is 4.79 Å². The molecule has 0 N–H and O–H groups in total. The summed E-state index contributed by atoms with van der Waals surface area (Å²) in [5.74, 6) is -0.667. The highest BCUT2D eigenvalue weighted by molar-refractivity contribution is 5.87. The van der Waals surface area contributed by atoms with Crippen LogP contribution in [-0.2, 0) is 19.1 Å². The molecule has 1 aliphatic carbocycles. The summed E-state index contributed by atoms with van der Waals surface area (Å²) in [5.41, 5.74) is -0.174. The largest absolute Gasteiger partial charge is 0.458 e. The van der Waals surface area contributed by atoms with Crippen molar-refractivity contribution in [1.82, 2.24) is 0 Å². The fourth-order valence-electron chi connectivity index (χ4n) is 1.88. The van der Waals surface area contributed by atoms with E-state index >= 15 is 0 Å². The molecule has 108 valence electrons. The highest BCUT2D eigenvalue weighted by atomic mass is 16.6. The van der Waals surface area contributed by atoms with E-state index in [1.54, 1.807) is 6.92 Å². The van der Waals surface area contributed by atoms with Crippen LogP contribution in [0, 0.1) is 5.41 Å². The molecular formula is C15H24O4. The molecule has 0 aromatic rings. The van der Waals surface area contributed by atoms with Gasteiger partial charge in [0.15, 0.2) is 0 Å². The maximum absolute atomic E-state index is 11.9. The average molecular weight is 268 g/mol. The zero-order chi connectivity index (χ0) is 14.6. The molecule has 0 bridgehead atoms. The van der Waals surface area contributed by atoms with Gasteiger partial charge in [0.2, 0.25) is 0 Å². The molecule has 4 nitrogen and oxygen atoms in total. The minimum atomic E-state index is -0.541. The molecule has 1 fully saturated rings. The molecule has 4 heteroatoms. The second-order valence-corrected chi connectivity index (χ2v) is 6.20. The maximum atomic E-state index is 11.9. The molecule has 2 unspecified atom stereocenters. The number of hydrogen-bond acceptors (Lipinski definition) is 4. The topological polar surface area (TPSA) is 52.6 Å². The second kappa shape index (κ2) is 6.22. The lowest BCUT2D eigenvalue weighted by Gasteiger charge is -2.32. The predicted molar refractivity (Wildman–Crippen MR) is 72.5 cm³/mol. The number of esters is 2. The summed E-state index contributed by atoms with van der Waals surface area (Å²) in [7, 11) is 0. The third-order valence-electron chi connectivity index (χ3n) is 3.12. The minimum absolute atomic E-state index is 0.254. The molecule has 0 aromatic carbocycles. The van der Waals surface area contributed by atoms with E-state index in [1.165, 1.54) is 0 Å². The van der Waals surface area contributed by atoms with Crippen LogP contribution in [0.1, 0.15) is 53.4 Å². The van der Waals surface area contributed by atoms with Gasteiger partial charge in [-0.25, -0.2) is 4.79 Å². The molecule has 0 aliphatic heterocycles. The molecule has 19 heavy (non-hydrogen) atoms. The smallest absolute Gasteiger partial charge is 0.333 e. The molecular weight excluding hydrogens is 244 g/mol. The Morgan fingerprint density at radius 2 is 1.53 bits per heavy atom. The summed E-state index contributed by atoms with van der Waals surface area (Å²) < 4.78 is 10.9. The first-order chi connectivity index (χ1) is 8.71. The Morgan fingerprint density at radius 1 is 1.05 bits per heavy atom. The summed E-state index contributed by atoms with van der Waals surface area (Å²) in [5, 5.41) is 0. The van der Waals surface area contributed by atoms with Crippen LogP contribution in [0.2, 0.25) is 0 Å². The molecule has 2 atom stereocenters. The van der Waals surface area contributed by atoms with Gasteiger partial charge < -0.3 is 9.47 Å². The van der Waals surface area contributed by atoms with Crippen LogP contribution < -0.4 is 0 Å². The predicted octanol–water partition coefficient (Wildman–Crippen LogP) is 3.01. The summed E-state index contributed by atoms with van der Waals surface area (Å²) in [6.45, 7) is 10.6. The molecule has 1 aliphatic rings. The van der Waals surface area contributed by atoms with Gasteiger partial charge in [-0.05, 0) is 53.4 Å². The highest BCUT2D eigenvalue weighted by Gasteiger charge is 2.34. The normalized spacial score (nSPS) is 23.6. The quantitative estimate of drug-likeness (QED) is 0.583. The summed E-state index contributed by atoms with van der Waals surface area (Å²) in [6, 6.07) is 0. The van der Waals surface area contributed by atoms with Crippen LogP contribution in [-0.4, -0.2) is 24.1 Å². The monoisotopic (exact) mass is 268 g/mol. The first-order valence-corrected chi connectivity index (χ1v) is 6.79. The van der Waals surface area contributed by atoms with Crippen LogP contribution in [0.5, 0.6) is 0 Å². The van der Waals surface area contributed by atoms with Gasteiger partial charge in [0.05, 0.1) is 5.41 Å². The first kappa shape index (κ1) is 15.7. The van der Waals surface area contributed by atoms with Crippen molar-refractivity contribution in [3.05, 3.63) is 12.2 Å². The molecule has 1 saturated carbocycles. The van der Waals surface area contributed by atoms with Crippen molar-refractivity contribution < 1.29 is 19.1 Å². The average Bonchev–Trinajstić information content (AvgIpc) is 2.30. The van der Waals surface area contributed by atoms with Crippen molar-refractivity contribution in [3.8, 4) is 0 Å². The number of hydrogen-bond donors (Lipinski definition) is 0. The van der Waals surface area contributed by atoms with E-state index in [0.717, 1.165) is 25.7 Å². The minimum Gasteiger partial charge on any atom is -0.458 e. The van der Waals surface area contributed by atoms with Gasteiger partial charge in [-0.1, -0.05) is 6.58 Å². The summed E-state index contributed by atoms with van der Waals surface area (Å²) in [4.78, 5) is 23.5. The molecule has 0 spiro atoms. The van der Waals surface area contributed by atoms with E-state index < -0.39 is 11.4 Å². The highest BCUT2D eigenvalue weighted by Crippen LogP contribution is 2.27. The first-order valence-electron chi connectivity index (χ1n) is 6.79. The fraction of sp³-hybridized carbons (Fsp3) is 0.733. The summed E-state index contributed by atoms with van der Waals surface area (Å²) >= 11 is 0.